The third kappa shape index (κ3) is 6.46. The minimum absolute atomic E-state index is 1.10. The Hall–Kier alpha value is -0.120. The number of likely N-dealkylation sites (N-methyl/N-ethyl adjacent to an activating group) is 1. The van der Waals surface area contributed by atoms with Crippen molar-refractivity contribution in [3.8, 4) is 0 Å². The molecule has 1 saturated heterocycles. The van der Waals surface area contributed by atoms with E-state index >= 15 is 0 Å². The van der Waals surface area contributed by atoms with Crippen molar-refractivity contribution in [2.24, 2.45) is 0 Å². The number of nitrogens with zero attached hydrogens (tertiary/aromatic N) is 2. The van der Waals surface area contributed by atoms with Crippen LogP contribution in [0.25, 0.3) is 0 Å². The van der Waals surface area contributed by atoms with E-state index in [-0.39, 0.29) is 0 Å². The van der Waals surface area contributed by atoms with E-state index < -0.39 is 0 Å². The van der Waals surface area contributed by atoms with Gasteiger partial charge in [-0.15, -0.1) is 0 Å². The summed E-state index contributed by atoms with van der Waals surface area (Å²) in [7, 11) is 2.25. The molecule has 3 nitrogen and oxygen atoms in total. The van der Waals surface area contributed by atoms with Gasteiger partial charge >= 0.3 is 0 Å². The van der Waals surface area contributed by atoms with Crippen molar-refractivity contribution in [2.75, 3.05) is 52.9 Å². The molecule has 0 aromatic rings. The molecule has 0 unspecified atom stereocenters. The van der Waals surface area contributed by atoms with Crippen molar-refractivity contribution in [2.45, 2.75) is 32.6 Å². The molecule has 0 aromatic heterocycles. The van der Waals surface area contributed by atoms with Crippen molar-refractivity contribution in [1.82, 2.24) is 15.1 Å². The lowest BCUT2D eigenvalue weighted by atomic mass is 10.3. The molecule has 0 spiro atoms. The fraction of sp³-hybridized carbons (Fsp3) is 1.00. The quantitative estimate of drug-likeness (QED) is 0.601. The molecule has 1 aliphatic rings. The molecule has 0 atom stereocenters. The molecule has 96 valence electrons. The second kappa shape index (κ2) is 8.97. The van der Waals surface area contributed by atoms with Gasteiger partial charge in [0.2, 0.25) is 0 Å². The predicted molar refractivity (Wildman–Crippen MR) is 70.9 cm³/mol. The second-order valence-corrected chi connectivity index (χ2v) is 4.91. The first-order valence-corrected chi connectivity index (χ1v) is 6.94. The Labute approximate surface area is 101 Å². The number of unbranched alkanes of at least 4 members (excludes halogenated alkanes) is 1. The van der Waals surface area contributed by atoms with Crippen LogP contribution >= 0.6 is 0 Å². The molecule has 1 aliphatic heterocycles. The summed E-state index contributed by atoms with van der Waals surface area (Å²) in [6.45, 7) is 10.9. The smallest absolute Gasteiger partial charge is 0.0109 e. The fourth-order valence-corrected chi connectivity index (χ4v) is 2.24. The molecular weight excluding hydrogens is 198 g/mol. The summed E-state index contributed by atoms with van der Waals surface area (Å²) in [5, 5.41) is 3.37. The van der Waals surface area contributed by atoms with Crippen LogP contribution in [0.15, 0.2) is 0 Å². The first kappa shape index (κ1) is 13.9. The highest BCUT2D eigenvalue weighted by Gasteiger charge is 2.11. The Morgan fingerprint density at radius 2 is 1.88 bits per heavy atom. The van der Waals surface area contributed by atoms with E-state index in [9.17, 15) is 0 Å². The SMILES string of the molecule is CCNCCCCN(C)CCN1CCCC1. The Kier molecular flexibility index (Phi) is 7.81. The lowest BCUT2D eigenvalue weighted by Crippen LogP contribution is -2.32. The standard InChI is InChI=1S/C13H29N3/c1-3-14-8-4-5-9-15(2)12-13-16-10-6-7-11-16/h14H,3-13H2,1-2H3. The van der Waals surface area contributed by atoms with Crippen molar-refractivity contribution in [1.29, 1.82) is 0 Å². The zero-order valence-corrected chi connectivity index (χ0v) is 11.2. The Balaban J connectivity index is 1.87. The van der Waals surface area contributed by atoms with Gasteiger partial charge in [-0.2, -0.15) is 0 Å². The van der Waals surface area contributed by atoms with E-state index in [1.54, 1.807) is 0 Å². The van der Waals surface area contributed by atoms with Gasteiger partial charge in [0.15, 0.2) is 0 Å². The topological polar surface area (TPSA) is 18.5 Å². The van der Waals surface area contributed by atoms with Crippen molar-refractivity contribution in [3.63, 3.8) is 0 Å². The molecule has 0 radical (unpaired) electrons. The molecule has 0 bridgehead atoms. The van der Waals surface area contributed by atoms with Crippen LogP contribution in [0.1, 0.15) is 32.6 Å². The molecule has 0 aliphatic carbocycles. The molecule has 0 aromatic carbocycles. The fourth-order valence-electron chi connectivity index (χ4n) is 2.24. The summed E-state index contributed by atoms with van der Waals surface area (Å²) in [6, 6.07) is 0. The molecular formula is C13H29N3. The third-order valence-corrected chi connectivity index (χ3v) is 3.39. The summed E-state index contributed by atoms with van der Waals surface area (Å²) in [5.41, 5.74) is 0. The Bertz CT molecular complexity index is 155. The van der Waals surface area contributed by atoms with Crippen LogP contribution in [0.3, 0.4) is 0 Å². The molecule has 0 saturated carbocycles. The Morgan fingerprint density at radius 1 is 1.12 bits per heavy atom. The van der Waals surface area contributed by atoms with E-state index in [1.807, 2.05) is 0 Å². The largest absolute Gasteiger partial charge is 0.317 e. The van der Waals surface area contributed by atoms with Gasteiger partial charge in [-0.05, 0) is 65.5 Å². The summed E-state index contributed by atoms with van der Waals surface area (Å²) in [6.07, 6.45) is 5.45. The summed E-state index contributed by atoms with van der Waals surface area (Å²) in [4.78, 5) is 5.07. The number of rotatable bonds is 9. The van der Waals surface area contributed by atoms with Crippen LogP contribution in [0.2, 0.25) is 0 Å². The van der Waals surface area contributed by atoms with Crippen molar-refractivity contribution >= 4 is 0 Å². The molecule has 1 heterocycles. The lowest BCUT2D eigenvalue weighted by molar-refractivity contribution is 0.254. The van der Waals surface area contributed by atoms with Gasteiger partial charge in [0.1, 0.15) is 0 Å². The molecule has 16 heavy (non-hydrogen) atoms. The van der Waals surface area contributed by atoms with Gasteiger partial charge in [0.05, 0.1) is 0 Å². The minimum atomic E-state index is 1.10. The van der Waals surface area contributed by atoms with Gasteiger partial charge in [0, 0.05) is 13.1 Å². The average molecular weight is 227 g/mol. The van der Waals surface area contributed by atoms with Crippen LogP contribution in [0.4, 0.5) is 0 Å². The summed E-state index contributed by atoms with van der Waals surface area (Å²) < 4.78 is 0. The van der Waals surface area contributed by atoms with Gasteiger partial charge in [-0.3, -0.25) is 0 Å². The first-order valence-electron chi connectivity index (χ1n) is 6.94. The molecule has 1 N–H and O–H groups in total. The monoisotopic (exact) mass is 227 g/mol. The maximum Gasteiger partial charge on any atom is 0.0109 e. The Morgan fingerprint density at radius 3 is 2.56 bits per heavy atom. The summed E-state index contributed by atoms with van der Waals surface area (Å²) >= 11 is 0. The maximum atomic E-state index is 3.37. The van der Waals surface area contributed by atoms with Gasteiger partial charge in [0.25, 0.3) is 0 Å². The zero-order valence-electron chi connectivity index (χ0n) is 11.2. The van der Waals surface area contributed by atoms with Crippen molar-refractivity contribution in [3.05, 3.63) is 0 Å². The number of nitrogens with one attached hydrogen (secondary N) is 1. The highest BCUT2D eigenvalue weighted by Crippen LogP contribution is 2.06. The van der Waals surface area contributed by atoms with E-state index in [4.69, 9.17) is 0 Å². The van der Waals surface area contributed by atoms with Crippen LogP contribution in [0, 0.1) is 0 Å². The maximum absolute atomic E-state index is 3.37. The molecule has 1 rings (SSSR count). The number of likely N-dealkylation sites (tertiary alicyclic amines) is 1. The highest BCUT2D eigenvalue weighted by molar-refractivity contribution is 4.67. The molecule has 3 heteroatoms. The van der Waals surface area contributed by atoms with E-state index in [0.717, 1.165) is 6.54 Å². The highest BCUT2D eigenvalue weighted by atomic mass is 15.2. The molecule has 0 amide bonds. The first-order chi connectivity index (χ1) is 7.83. The van der Waals surface area contributed by atoms with E-state index in [0.29, 0.717) is 0 Å². The number of hydrogen-bond acceptors (Lipinski definition) is 3. The van der Waals surface area contributed by atoms with Gasteiger partial charge in [-0.25, -0.2) is 0 Å². The van der Waals surface area contributed by atoms with E-state index in [1.165, 1.54) is 65.0 Å². The minimum Gasteiger partial charge on any atom is -0.317 e. The van der Waals surface area contributed by atoms with Crippen LogP contribution in [-0.2, 0) is 0 Å². The van der Waals surface area contributed by atoms with Crippen LogP contribution in [0.5, 0.6) is 0 Å². The summed E-state index contributed by atoms with van der Waals surface area (Å²) in [5.74, 6) is 0. The number of hydrogen-bond donors (Lipinski definition) is 1. The van der Waals surface area contributed by atoms with Gasteiger partial charge in [-0.1, -0.05) is 6.92 Å². The third-order valence-electron chi connectivity index (χ3n) is 3.39. The van der Waals surface area contributed by atoms with Gasteiger partial charge < -0.3 is 15.1 Å². The van der Waals surface area contributed by atoms with E-state index in [2.05, 4.69) is 29.1 Å². The molecule has 1 fully saturated rings. The zero-order chi connectivity index (χ0) is 11.6. The predicted octanol–water partition coefficient (Wildman–Crippen LogP) is 1.40. The lowest BCUT2D eigenvalue weighted by Gasteiger charge is -2.21. The normalized spacial score (nSPS) is 17.4. The van der Waals surface area contributed by atoms with Crippen LogP contribution < -0.4 is 5.32 Å². The van der Waals surface area contributed by atoms with Crippen LogP contribution in [-0.4, -0.2) is 62.7 Å². The average Bonchev–Trinajstić information content (AvgIpc) is 2.79. The second-order valence-electron chi connectivity index (χ2n) is 4.91. The van der Waals surface area contributed by atoms with Crippen molar-refractivity contribution < 1.29 is 0 Å².